The molecular formula is C34H41F3N6O5. The Morgan fingerprint density at radius 2 is 1.81 bits per heavy atom. The van der Waals surface area contributed by atoms with Crippen LogP contribution in [0, 0.1) is 6.92 Å². The normalized spacial score (nSPS) is 19.4. The summed E-state index contributed by atoms with van der Waals surface area (Å²) in [6, 6.07) is 16.4. The van der Waals surface area contributed by atoms with Gasteiger partial charge in [-0.15, -0.1) is 0 Å². The Kier molecular flexibility index (Phi) is 10.7. The van der Waals surface area contributed by atoms with Crippen molar-refractivity contribution in [3.05, 3.63) is 60.0 Å². The van der Waals surface area contributed by atoms with E-state index in [0.29, 0.717) is 11.7 Å². The average Bonchev–Trinajstić information content (AvgIpc) is 3.59. The van der Waals surface area contributed by atoms with E-state index in [1.165, 1.54) is 24.8 Å². The number of amidine groups is 1. The molecule has 48 heavy (non-hydrogen) atoms. The van der Waals surface area contributed by atoms with Crippen molar-refractivity contribution < 1.29 is 37.1 Å². The number of aliphatic carboxylic acids is 1. The lowest BCUT2D eigenvalue weighted by Gasteiger charge is -2.44. The molecule has 0 bridgehead atoms. The van der Waals surface area contributed by atoms with Gasteiger partial charge in [-0.05, 0) is 69.4 Å². The highest BCUT2D eigenvalue weighted by Gasteiger charge is 2.53. The predicted molar refractivity (Wildman–Crippen MR) is 173 cm³/mol. The maximum absolute atomic E-state index is 13.7. The van der Waals surface area contributed by atoms with Gasteiger partial charge in [0.1, 0.15) is 17.1 Å². The van der Waals surface area contributed by atoms with E-state index in [2.05, 4.69) is 38.6 Å². The molecule has 2 saturated heterocycles. The topological polar surface area (TPSA) is 133 Å². The summed E-state index contributed by atoms with van der Waals surface area (Å²) < 4.78 is 42.9. The van der Waals surface area contributed by atoms with Crippen LogP contribution in [0.15, 0.2) is 58.0 Å². The zero-order valence-corrected chi connectivity index (χ0v) is 27.3. The lowest BCUT2D eigenvalue weighted by molar-refractivity contribution is -0.192. The van der Waals surface area contributed by atoms with Crippen molar-refractivity contribution in [1.82, 2.24) is 20.4 Å². The van der Waals surface area contributed by atoms with E-state index in [1.54, 1.807) is 6.92 Å². The highest BCUT2D eigenvalue weighted by molar-refractivity contribution is 6.19. The van der Waals surface area contributed by atoms with Crippen molar-refractivity contribution >= 4 is 23.5 Å². The van der Waals surface area contributed by atoms with Crippen LogP contribution in [0.5, 0.6) is 5.75 Å². The molecule has 11 nitrogen and oxygen atoms in total. The third kappa shape index (κ3) is 8.33. The summed E-state index contributed by atoms with van der Waals surface area (Å²) in [4.78, 5) is 36.7. The molecule has 14 heteroatoms. The largest absolute Gasteiger partial charge is 0.491 e. The number of hydrogen-bond acceptors (Lipinski definition) is 8. The van der Waals surface area contributed by atoms with Gasteiger partial charge >= 0.3 is 18.2 Å². The third-order valence-corrected chi connectivity index (χ3v) is 8.68. The second-order valence-corrected chi connectivity index (χ2v) is 12.6. The lowest BCUT2D eigenvalue weighted by Crippen LogP contribution is -2.57. The van der Waals surface area contributed by atoms with E-state index in [1.807, 2.05) is 49.1 Å². The predicted octanol–water partition coefficient (Wildman–Crippen LogP) is 6.76. The highest BCUT2D eigenvalue weighted by Crippen LogP contribution is 2.40. The Bertz CT molecular complexity index is 1610. The van der Waals surface area contributed by atoms with Crippen molar-refractivity contribution in [3.8, 4) is 17.1 Å². The number of nitrogens with zero attached hydrogens (tertiary/aromatic N) is 5. The van der Waals surface area contributed by atoms with E-state index in [0.717, 1.165) is 68.2 Å². The van der Waals surface area contributed by atoms with Crippen molar-refractivity contribution in [3.63, 3.8) is 0 Å². The van der Waals surface area contributed by atoms with Gasteiger partial charge in [0.2, 0.25) is 11.7 Å². The van der Waals surface area contributed by atoms with Crippen LogP contribution in [0.25, 0.3) is 11.4 Å². The fourth-order valence-electron chi connectivity index (χ4n) is 6.47. The number of benzene rings is 2. The van der Waals surface area contributed by atoms with Crippen LogP contribution in [0.2, 0.25) is 0 Å². The molecule has 2 aliphatic heterocycles. The average molecular weight is 671 g/mol. The zero-order chi connectivity index (χ0) is 34.5. The summed E-state index contributed by atoms with van der Waals surface area (Å²) >= 11 is 0. The first-order valence-electron chi connectivity index (χ1n) is 16.2. The van der Waals surface area contributed by atoms with Crippen molar-refractivity contribution in [2.45, 2.75) is 96.1 Å². The number of aromatic nitrogens is 2. The second-order valence-electron chi connectivity index (χ2n) is 12.6. The van der Waals surface area contributed by atoms with E-state index >= 15 is 0 Å². The van der Waals surface area contributed by atoms with Gasteiger partial charge in [-0.25, -0.2) is 9.59 Å². The molecule has 0 unspecified atom stereocenters. The number of nitrogens with one attached hydrogen (secondary N) is 1. The Morgan fingerprint density at radius 1 is 1.12 bits per heavy atom. The van der Waals surface area contributed by atoms with Gasteiger partial charge in [0.05, 0.1) is 12.1 Å². The fourth-order valence-corrected chi connectivity index (χ4v) is 6.47. The quantitative estimate of drug-likeness (QED) is 0.282. The number of aliphatic imine (C=N–C) groups is 1. The van der Waals surface area contributed by atoms with Crippen LogP contribution >= 0.6 is 0 Å². The highest BCUT2D eigenvalue weighted by atomic mass is 19.4. The molecule has 3 aliphatic rings. The van der Waals surface area contributed by atoms with Gasteiger partial charge in [-0.3, -0.25) is 20.1 Å². The summed E-state index contributed by atoms with van der Waals surface area (Å²) in [6.45, 7) is 8.42. The summed E-state index contributed by atoms with van der Waals surface area (Å²) in [5.74, 6) is 0.0139. The minimum absolute atomic E-state index is 0.118. The van der Waals surface area contributed by atoms with Gasteiger partial charge in [-0.2, -0.15) is 18.2 Å². The molecule has 2 aromatic carbocycles. The molecule has 1 aromatic heterocycles. The molecule has 1 spiro atoms. The number of piperidine rings is 1. The van der Waals surface area contributed by atoms with Gasteiger partial charge in [-0.1, -0.05) is 48.7 Å². The Labute approximate surface area is 277 Å². The number of aryl methyl sites for hydroxylation is 1. The first kappa shape index (κ1) is 34.9. The zero-order valence-electron chi connectivity index (χ0n) is 27.3. The molecule has 2 amide bonds. The van der Waals surface area contributed by atoms with E-state index in [9.17, 15) is 18.0 Å². The Hall–Kier alpha value is -4.46. The van der Waals surface area contributed by atoms with Crippen LogP contribution in [-0.4, -0.2) is 74.9 Å². The number of halogens is 3. The fraction of sp³-hybridized carbons (Fsp3) is 0.500. The molecule has 3 aromatic rings. The number of alkyl halides is 3. The smallest absolute Gasteiger partial charge is 0.490 e. The number of likely N-dealkylation sites (tertiary alicyclic amines) is 1. The van der Waals surface area contributed by atoms with Crippen LogP contribution in [-0.2, 0) is 11.3 Å². The number of ether oxygens (including phenoxy) is 1. The number of rotatable bonds is 7. The van der Waals surface area contributed by atoms with E-state index < -0.39 is 17.7 Å². The lowest BCUT2D eigenvalue weighted by atomic mass is 9.84. The molecule has 0 atom stereocenters. The molecule has 3 fully saturated rings. The third-order valence-electron chi connectivity index (χ3n) is 8.68. The molecule has 3 heterocycles. The van der Waals surface area contributed by atoms with Gasteiger partial charge in [0.15, 0.2) is 0 Å². The van der Waals surface area contributed by atoms with Crippen molar-refractivity contribution in [1.29, 1.82) is 0 Å². The van der Waals surface area contributed by atoms with Crippen LogP contribution < -0.4 is 15.0 Å². The second kappa shape index (κ2) is 14.8. The number of hydrogen-bond donors (Lipinski definition) is 2. The number of amides is 2. The maximum Gasteiger partial charge on any atom is 0.490 e. The maximum atomic E-state index is 13.7. The number of carbonyl (C=O) groups excluding carboxylic acids is 1. The number of anilines is 1. The van der Waals surface area contributed by atoms with E-state index in [-0.39, 0.29) is 18.2 Å². The molecule has 6 rings (SSSR count). The number of urea groups is 1. The molecule has 1 aliphatic carbocycles. The van der Waals surface area contributed by atoms with Crippen molar-refractivity contribution in [2.75, 3.05) is 18.0 Å². The molecule has 1 saturated carbocycles. The monoisotopic (exact) mass is 670 g/mol. The van der Waals surface area contributed by atoms with E-state index in [4.69, 9.17) is 24.2 Å². The van der Waals surface area contributed by atoms with Gasteiger partial charge in [0, 0.05) is 37.8 Å². The Balaban J connectivity index is 0.000000582. The molecular weight excluding hydrogens is 629 g/mol. The summed E-state index contributed by atoms with van der Waals surface area (Å²) in [6.07, 6.45) is 2.49. The first-order chi connectivity index (χ1) is 22.8. The minimum Gasteiger partial charge on any atom is -0.491 e. The molecule has 2 N–H and O–H groups in total. The SMILES string of the molecule is Cc1nc(-c2cccc(N3C(=O)NC(=NC4CCCCC4)C34CCN(Cc3cccc(OC(C)C)c3)CC4)c2)no1.O=C(O)C(F)(F)F. The molecule has 258 valence electrons. The van der Waals surface area contributed by atoms with Gasteiger partial charge in [0.25, 0.3) is 0 Å². The summed E-state index contributed by atoms with van der Waals surface area (Å²) in [7, 11) is 0. The van der Waals surface area contributed by atoms with Crippen LogP contribution in [0.1, 0.15) is 70.2 Å². The van der Waals surface area contributed by atoms with Gasteiger partial charge < -0.3 is 14.4 Å². The van der Waals surface area contributed by atoms with Crippen LogP contribution in [0.3, 0.4) is 0 Å². The van der Waals surface area contributed by atoms with Crippen LogP contribution in [0.4, 0.5) is 23.7 Å². The number of carboxylic acid groups (broad SMARTS) is 1. The minimum atomic E-state index is -5.08. The Morgan fingerprint density at radius 3 is 2.44 bits per heavy atom. The standard InChI is InChI=1S/C32H40N6O3.C2HF3O2/c1-22(2)40-28-14-7-9-24(19-28)21-37-17-15-32(16-18-37)30(34-26-11-5-4-6-12-26)35-31(39)38(32)27-13-8-10-25(20-27)29-33-23(3)41-36-29;3-2(4,5)1(6)7/h7-10,13-14,19-20,22,26H,4-6,11-12,15-18,21H2,1-3H3,(H,34,35,39);(H,6,7). The number of carboxylic acids is 1. The van der Waals surface area contributed by atoms with Crippen molar-refractivity contribution in [2.24, 2.45) is 4.99 Å². The molecule has 0 radical (unpaired) electrons. The first-order valence-corrected chi connectivity index (χ1v) is 16.2. The summed E-state index contributed by atoms with van der Waals surface area (Å²) in [5, 5.41) is 14.4. The summed E-state index contributed by atoms with van der Waals surface area (Å²) in [5.41, 5.74) is 2.36. The number of carbonyl (C=O) groups is 2.